The van der Waals surface area contributed by atoms with Crippen molar-refractivity contribution in [1.29, 1.82) is 0 Å². The molecule has 86 valence electrons. The van der Waals surface area contributed by atoms with Gasteiger partial charge in [-0.15, -0.1) is 0 Å². The van der Waals surface area contributed by atoms with Crippen molar-refractivity contribution in [2.75, 3.05) is 13.6 Å². The number of carbonyl (C=O) groups is 1. The Morgan fingerprint density at radius 2 is 1.67 bits per heavy atom. The van der Waals surface area contributed by atoms with Gasteiger partial charge in [-0.1, -0.05) is 38.2 Å². The van der Waals surface area contributed by atoms with Crippen LogP contribution in [0.2, 0.25) is 0 Å². The van der Waals surface area contributed by atoms with Crippen LogP contribution in [0.1, 0.15) is 39.5 Å². The molecule has 0 unspecified atom stereocenters. The Morgan fingerprint density at radius 1 is 1.07 bits per heavy atom. The first kappa shape index (κ1) is 13.9. The van der Waals surface area contributed by atoms with E-state index in [4.69, 9.17) is 0 Å². The van der Waals surface area contributed by atoms with Crippen molar-refractivity contribution >= 4 is 5.91 Å². The predicted octanol–water partition coefficient (Wildman–Crippen LogP) is 3.16. The second-order valence-electron chi connectivity index (χ2n) is 3.56. The van der Waals surface area contributed by atoms with Crippen molar-refractivity contribution in [1.82, 2.24) is 4.90 Å². The van der Waals surface area contributed by atoms with Gasteiger partial charge < -0.3 is 4.90 Å². The van der Waals surface area contributed by atoms with E-state index in [-0.39, 0.29) is 5.91 Å². The molecule has 0 atom stereocenters. The number of hydrogen-bond donors (Lipinski definition) is 0. The summed E-state index contributed by atoms with van der Waals surface area (Å²) in [5.74, 6) is 0.200. The molecule has 0 fully saturated rings. The van der Waals surface area contributed by atoms with Crippen molar-refractivity contribution in [3.8, 4) is 0 Å². The molecular weight excluding hydrogens is 186 g/mol. The summed E-state index contributed by atoms with van der Waals surface area (Å²) in [6.45, 7) is 4.75. The highest BCUT2D eigenvalue weighted by Gasteiger charge is 2.01. The van der Waals surface area contributed by atoms with Crippen molar-refractivity contribution < 1.29 is 4.79 Å². The van der Waals surface area contributed by atoms with Gasteiger partial charge in [-0.25, -0.2) is 0 Å². The van der Waals surface area contributed by atoms with E-state index < -0.39 is 0 Å². The predicted molar refractivity (Wildman–Crippen MR) is 65.7 cm³/mol. The van der Waals surface area contributed by atoms with Crippen LogP contribution in [0.3, 0.4) is 0 Å². The van der Waals surface area contributed by atoms with Crippen LogP contribution < -0.4 is 0 Å². The molecule has 1 amide bonds. The van der Waals surface area contributed by atoms with Crippen LogP contribution in [0.15, 0.2) is 24.3 Å². The molecular formula is C13H23NO. The summed E-state index contributed by atoms with van der Waals surface area (Å²) in [7, 11) is 1.84. The summed E-state index contributed by atoms with van der Waals surface area (Å²) in [6.07, 6.45) is 12.4. The van der Waals surface area contributed by atoms with Gasteiger partial charge in [-0.05, 0) is 19.3 Å². The molecule has 0 aliphatic heterocycles. The van der Waals surface area contributed by atoms with Gasteiger partial charge in [0.15, 0.2) is 0 Å². The first-order chi connectivity index (χ1) is 7.22. The first-order valence-corrected chi connectivity index (χ1v) is 5.76. The van der Waals surface area contributed by atoms with Crippen molar-refractivity contribution in [2.24, 2.45) is 0 Å². The van der Waals surface area contributed by atoms with E-state index in [1.165, 1.54) is 0 Å². The van der Waals surface area contributed by atoms with Gasteiger partial charge in [0.1, 0.15) is 0 Å². The monoisotopic (exact) mass is 209 g/mol. The summed E-state index contributed by atoms with van der Waals surface area (Å²) in [4.78, 5) is 12.9. The lowest BCUT2D eigenvalue weighted by atomic mass is 10.2. The molecule has 0 heterocycles. The third kappa shape index (κ3) is 7.98. The molecule has 0 aromatic heterocycles. The third-order valence-electron chi connectivity index (χ3n) is 2.18. The lowest BCUT2D eigenvalue weighted by Gasteiger charge is -2.12. The molecule has 0 aliphatic rings. The Kier molecular flexibility index (Phi) is 8.84. The number of hydrogen-bond acceptors (Lipinski definition) is 1. The molecule has 0 saturated heterocycles. The van der Waals surface area contributed by atoms with Crippen molar-refractivity contribution in [3.63, 3.8) is 0 Å². The number of allylic oxidation sites excluding steroid dienone is 3. The van der Waals surface area contributed by atoms with E-state index >= 15 is 0 Å². The fourth-order valence-corrected chi connectivity index (χ4v) is 1.20. The summed E-state index contributed by atoms with van der Waals surface area (Å²) < 4.78 is 0. The third-order valence-corrected chi connectivity index (χ3v) is 2.18. The molecule has 0 aliphatic carbocycles. The second-order valence-corrected chi connectivity index (χ2v) is 3.56. The van der Waals surface area contributed by atoms with Crippen LogP contribution in [-0.4, -0.2) is 24.4 Å². The van der Waals surface area contributed by atoms with Gasteiger partial charge in [-0.2, -0.15) is 0 Å². The smallest absolute Gasteiger partial charge is 0.222 e. The summed E-state index contributed by atoms with van der Waals surface area (Å²) in [5, 5.41) is 0. The van der Waals surface area contributed by atoms with Gasteiger partial charge in [0.2, 0.25) is 5.91 Å². The number of carbonyl (C=O) groups excluding carboxylic acids is 1. The number of rotatable bonds is 7. The van der Waals surface area contributed by atoms with E-state index in [1.807, 2.05) is 14.0 Å². The van der Waals surface area contributed by atoms with Crippen LogP contribution >= 0.6 is 0 Å². The fourth-order valence-electron chi connectivity index (χ4n) is 1.20. The number of unbranched alkanes of at least 4 members (excludes halogenated alkanes) is 1. The summed E-state index contributed by atoms with van der Waals surface area (Å²) >= 11 is 0. The molecule has 2 heteroatoms. The largest absolute Gasteiger partial charge is 0.342 e. The highest BCUT2D eigenvalue weighted by atomic mass is 16.2. The average Bonchev–Trinajstić information content (AvgIpc) is 2.26. The minimum atomic E-state index is 0.200. The molecule has 15 heavy (non-hydrogen) atoms. The number of likely N-dealkylation sites (N-methyl/N-ethyl adjacent to an activating group) is 1. The first-order valence-electron chi connectivity index (χ1n) is 5.76. The van der Waals surface area contributed by atoms with Gasteiger partial charge in [0.25, 0.3) is 0 Å². The molecule has 0 radical (unpaired) electrons. The zero-order valence-corrected chi connectivity index (χ0v) is 10.2. The lowest BCUT2D eigenvalue weighted by Crippen LogP contribution is -2.25. The Hall–Kier alpha value is -1.05. The quantitative estimate of drug-likeness (QED) is 0.466. The highest BCUT2D eigenvalue weighted by molar-refractivity contribution is 5.75. The maximum absolute atomic E-state index is 11.2. The lowest BCUT2D eigenvalue weighted by molar-refractivity contribution is -0.129. The zero-order chi connectivity index (χ0) is 11.5. The van der Waals surface area contributed by atoms with Crippen LogP contribution in [0.25, 0.3) is 0 Å². The van der Waals surface area contributed by atoms with E-state index in [2.05, 4.69) is 31.2 Å². The number of nitrogens with zero attached hydrogens (tertiary/aromatic N) is 1. The van der Waals surface area contributed by atoms with Crippen molar-refractivity contribution in [3.05, 3.63) is 24.3 Å². The maximum Gasteiger partial charge on any atom is 0.222 e. The zero-order valence-electron chi connectivity index (χ0n) is 10.2. The Balaban J connectivity index is 3.53. The SMILES string of the molecule is CC/C=C\CC/C=C/CN(C)C(=O)CC. The van der Waals surface area contributed by atoms with E-state index in [0.29, 0.717) is 6.42 Å². The normalized spacial score (nSPS) is 11.4. The number of amides is 1. The maximum atomic E-state index is 11.2. The molecule has 0 spiro atoms. The molecule has 0 bridgehead atoms. The molecule has 0 N–H and O–H groups in total. The minimum absolute atomic E-state index is 0.200. The van der Waals surface area contributed by atoms with Crippen LogP contribution in [0, 0.1) is 0 Å². The molecule has 0 rings (SSSR count). The van der Waals surface area contributed by atoms with E-state index in [1.54, 1.807) is 4.90 Å². The molecule has 0 saturated carbocycles. The Labute approximate surface area is 93.7 Å². The second kappa shape index (κ2) is 9.50. The average molecular weight is 209 g/mol. The Bertz CT molecular complexity index is 219. The van der Waals surface area contributed by atoms with E-state index in [0.717, 1.165) is 25.8 Å². The van der Waals surface area contributed by atoms with E-state index in [9.17, 15) is 4.79 Å². The van der Waals surface area contributed by atoms with Gasteiger partial charge >= 0.3 is 0 Å². The van der Waals surface area contributed by atoms with Gasteiger partial charge in [0, 0.05) is 20.0 Å². The molecule has 2 nitrogen and oxygen atoms in total. The van der Waals surface area contributed by atoms with Crippen LogP contribution in [0.4, 0.5) is 0 Å². The van der Waals surface area contributed by atoms with Gasteiger partial charge in [-0.3, -0.25) is 4.79 Å². The minimum Gasteiger partial charge on any atom is -0.342 e. The van der Waals surface area contributed by atoms with Gasteiger partial charge in [0.05, 0.1) is 0 Å². The molecule has 0 aromatic rings. The standard InChI is InChI=1S/C13H23NO/c1-4-6-7-8-9-10-11-12-14(3)13(15)5-2/h6-7,10-11H,4-5,8-9,12H2,1-3H3/b7-6-,11-10+. The van der Waals surface area contributed by atoms with Crippen molar-refractivity contribution in [2.45, 2.75) is 39.5 Å². The Morgan fingerprint density at radius 3 is 2.20 bits per heavy atom. The molecule has 0 aromatic carbocycles. The van der Waals surface area contributed by atoms with Crippen LogP contribution in [-0.2, 0) is 4.79 Å². The summed E-state index contributed by atoms with van der Waals surface area (Å²) in [5.41, 5.74) is 0. The summed E-state index contributed by atoms with van der Waals surface area (Å²) in [6, 6.07) is 0. The topological polar surface area (TPSA) is 20.3 Å². The van der Waals surface area contributed by atoms with Crippen LogP contribution in [0.5, 0.6) is 0 Å². The highest BCUT2D eigenvalue weighted by Crippen LogP contribution is 1.95. The fraction of sp³-hybridized carbons (Fsp3) is 0.615.